The number of piperidine rings is 1. The molecule has 116 valence electrons. The van der Waals surface area contributed by atoms with E-state index < -0.39 is 16.9 Å². The fraction of sp³-hybridized carbons (Fsp3) is 0.867. The zero-order chi connectivity index (χ0) is 15.2. The van der Waals surface area contributed by atoms with E-state index >= 15 is 0 Å². The fourth-order valence-electron chi connectivity index (χ4n) is 3.07. The number of rotatable bonds is 7. The topological polar surface area (TPSA) is 78.4 Å². The van der Waals surface area contributed by atoms with Gasteiger partial charge in [0.15, 0.2) is 0 Å². The van der Waals surface area contributed by atoms with Gasteiger partial charge in [0.1, 0.15) is 5.54 Å². The highest BCUT2D eigenvalue weighted by molar-refractivity contribution is 5.90. The van der Waals surface area contributed by atoms with Gasteiger partial charge < -0.3 is 15.7 Å². The number of hydrogen-bond acceptors (Lipinski definition) is 3. The van der Waals surface area contributed by atoms with Crippen molar-refractivity contribution in [2.24, 2.45) is 5.41 Å². The van der Waals surface area contributed by atoms with Gasteiger partial charge in [-0.15, -0.1) is 0 Å². The summed E-state index contributed by atoms with van der Waals surface area (Å²) < 4.78 is 0. The van der Waals surface area contributed by atoms with Crippen molar-refractivity contribution in [1.82, 2.24) is 10.6 Å². The van der Waals surface area contributed by atoms with Gasteiger partial charge in [0.05, 0.1) is 5.41 Å². The summed E-state index contributed by atoms with van der Waals surface area (Å²) >= 11 is 0. The predicted octanol–water partition coefficient (Wildman–Crippen LogP) is 1.92. The lowest BCUT2D eigenvalue weighted by Crippen LogP contribution is -2.59. The third-order valence-corrected chi connectivity index (χ3v) is 4.29. The molecule has 0 aromatic heterocycles. The second kappa shape index (κ2) is 7.07. The quantitative estimate of drug-likeness (QED) is 0.667. The van der Waals surface area contributed by atoms with E-state index in [-0.39, 0.29) is 5.91 Å². The van der Waals surface area contributed by atoms with E-state index in [9.17, 15) is 14.7 Å². The van der Waals surface area contributed by atoms with E-state index in [2.05, 4.69) is 17.6 Å². The largest absolute Gasteiger partial charge is 0.480 e. The van der Waals surface area contributed by atoms with Gasteiger partial charge in [-0.25, -0.2) is 4.79 Å². The maximum Gasteiger partial charge on any atom is 0.329 e. The minimum atomic E-state index is -1.16. The molecule has 3 N–H and O–H groups in total. The Balaban J connectivity index is 2.86. The van der Waals surface area contributed by atoms with E-state index in [0.717, 1.165) is 38.6 Å². The Kier molecular flexibility index (Phi) is 5.99. The van der Waals surface area contributed by atoms with Crippen LogP contribution in [0.25, 0.3) is 0 Å². The zero-order valence-corrected chi connectivity index (χ0v) is 12.9. The van der Waals surface area contributed by atoms with Crippen LogP contribution in [0.4, 0.5) is 0 Å². The van der Waals surface area contributed by atoms with Crippen LogP contribution < -0.4 is 10.6 Å². The summed E-state index contributed by atoms with van der Waals surface area (Å²) in [6.45, 7) is 7.18. The second-order valence-electron chi connectivity index (χ2n) is 6.15. The maximum atomic E-state index is 12.7. The number of carboxylic acid groups (broad SMARTS) is 1. The highest BCUT2D eigenvalue weighted by Gasteiger charge is 2.43. The average Bonchev–Trinajstić information content (AvgIpc) is 2.40. The van der Waals surface area contributed by atoms with Crippen LogP contribution >= 0.6 is 0 Å². The van der Waals surface area contributed by atoms with Crippen molar-refractivity contribution in [2.75, 3.05) is 13.1 Å². The summed E-state index contributed by atoms with van der Waals surface area (Å²) in [5, 5.41) is 15.5. The number of carbonyl (C=O) groups excluding carboxylic acids is 1. The SMILES string of the molecule is CCCC1(C(=O)NC(C)(CCC)C(=O)O)CCCNC1. The molecule has 1 fully saturated rings. The summed E-state index contributed by atoms with van der Waals surface area (Å²) in [4.78, 5) is 24.2. The molecule has 1 rings (SSSR count). The lowest BCUT2D eigenvalue weighted by Gasteiger charge is -2.39. The van der Waals surface area contributed by atoms with Crippen molar-refractivity contribution in [3.05, 3.63) is 0 Å². The van der Waals surface area contributed by atoms with Gasteiger partial charge in [-0.05, 0) is 39.2 Å². The van der Waals surface area contributed by atoms with Crippen LogP contribution in [0, 0.1) is 5.41 Å². The molecule has 1 amide bonds. The molecule has 20 heavy (non-hydrogen) atoms. The number of nitrogens with one attached hydrogen (secondary N) is 2. The van der Waals surface area contributed by atoms with Gasteiger partial charge in [-0.3, -0.25) is 4.79 Å². The maximum absolute atomic E-state index is 12.7. The van der Waals surface area contributed by atoms with Crippen LogP contribution in [0.5, 0.6) is 0 Å². The first kappa shape index (κ1) is 17.0. The van der Waals surface area contributed by atoms with Crippen LogP contribution in [0.3, 0.4) is 0 Å². The molecule has 1 saturated heterocycles. The van der Waals surface area contributed by atoms with E-state index in [0.29, 0.717) is 13.0 Å². The van der Waals surface area contributed by atoms with Crippen molar-refractivity contribution in [1.29, 1.82) is 0 Å². The molecule has 2 atom stereocenters. The van der Waals surface area contributed by atoms with E-state index in [1.54, 1.807) is 6.92 Å². The van der Waals surface area contributed by atoms with Crippen LogP contribution in [0.15, 0.2) is 0 Å². The van der Waals surface area contributed by atoms with Crippen molar-refractivity contribution >= 4 is 11.9 Å². The molecule has 2 unspecified atom stereocenters. The zero-order valence-electron chi connectivity index (χ0n) is 12.9. The van der Waals surface area contributed by atoms with Crippen LogP contribution in [0.2, 0.25) is 0 Å². The molecule has 0 spiro atoms. The fourth-order valence-corrected chi connectivity index (χ4v) is 3.07. The van der Waals surface area contributed by atoms with E-state index in [1.807, 2.05) is 6.92 Å². The normalized spacial score (nSPS) is 25.8. The molecular weight excluding hydrogens is 256 g/mol. The third-order valence-electron chi connectivity index (χ3n) is 4.29. The first-order valence-corrected chi connectivity index (χ1v) is 7.67. The van der Waals surface area contributed by atoms with Crippen molar-refractivity contribution in [3.63, 3.8) is 0 Å². The Morgan fingerprint density at radius 2 is 2.05 bits per heavy atom. The first-order valence-electron chi connectivity index (χ1n) is 7.67. The predicted molar refractivity (Wildman–Crippen MR) is 78.5 cm³/mol. The van der Waals surface area contributed by atoms with Crippen molar-refractivity contribution in [3.8, 4) is 0 Å². The molecule has 5 nitrogen and oxygen atoms in total. The van der Waals surface area contributed by atoms with E-state index in [1.165, 1.54) is 0 Å². The molecule has 1 aliphatic rings. The minimum absolute atomic E-state index is 0.107. The summed E-state index contributed by atoms with van der Waals surface area (Å²) in [7, 11) is 0. The Morgan fingerprint density at radius 3 is 2.50 bits per heavy atom. The molecule has 0 aromatic rings. The number of aliphatic carboxylic acids is 1. The van der Waals surface area contributed by atoms with E-state index in [4.69, 9.17) is 0 Å². The monoisotopic (exact) mass is 284 g/mol. The van der Waals surface area contributed by atoms with Crippen molar-refractivity contribution in [2.45, 2.75) is 64.8 Å². The van der Waals surface area contributed by atoms with Gasteiger partial charge in [-0.2, -0.15) is 0 Å². The molecule has 1 aliphatic heterocycles. The molecule has 0 radical (unpaired) electrons. The molecule has 0 aromatic carbocycles. The van der Waals surface area contributed by atoms with Crippen LogP contribution in [0.1, 0.15) is 59.3 Å². The van der Waals surface area contributed by atoms with Gasteiger partial charge in [-0.1, -0.05) is 26.7 Å². The summed E-state index contributed by atoms with van der Waals surface area (Å²) in [6.07, 6.45) is 4.69. The summed E-state index contributed by atoms with van der Waals surface area (Å²) in [6, 6.07) is 0. The lowest BCUT2D eigenvalue weighted by atomic mass is 9.75. The molecule has 0 aliphatic carbocycles. The Hall–Kier alpha value is -1.10. The Morgan fingerprint density at radius 1 is 1.35 bits per heavy atom. The van der Waals surface area contributed by atoms with Crippen molar-refractivity contribution < 1.29 is 14.7 Å². The minimum Gasteiger partial charge on any atom is -0.480 e. The van der Waals surface area contributed by atoms with Gasteiger partial charge >= 0.3 is 5.97 Å². The van der Waals surface area contributed by atoms with Crippen LogP contribution in [-0.2, 0) is 9.59 Å². The van der Waals surface area contributed by atoms with Crippen LogP contribution in [-0.4, -0.2) is 35.6 Å². The highest BCUT2D eigenvalue weighted by Crippen LogP contribution is 2.33. The Bertz CT molecular complexity index is 346. The van der Waals surface area contributed by atoms with Gasteiger partial charge in [0, 0.05) is 6.54 Å². The number of carbonyl (C=O) groups is 2. The first-order chi connectivity index (χ1) is 9.40. The molecule has 5 heteroatoms. The highest BCUT2D eigenvalue weighted by atomic mass is 16.4. The third kappa shape index (κ3) is 3.72. The number of amides is 1. The van der Waals surface area contributed by atoms with Gasteiger partial charge in [0.25, 0.3) is 0 Å². The molecule has 0 saturated carbocycles. The molecule has 0 bridgehead atoms. The second-order valence-corrected chi connectivity index (χ2v) is 6.15. The summed E-state index contributed by atoms with van der Waals surface area (Å²) in [5.41, 5.74) is -1.61. The average molecular weight is 284 g/mol. The molecule has 1 heterocycles. The summed E-state index contributed by atoms with van der Waals surface area (Å²) in [5.74, 6) is -1.06. The lowest BCUT2D eigenvalue weighted by molar-refractivity contribution is -0.149. The smallest absolute Gasteiger partial charge is 0.329 e. The van der Waals surface area contributed by atoms with Gasteiger partial charge in [0.2, 0.25) is 5.91 Å². The Labute approximate surface area is 121 Å². The number of carboxylic acids is 1. The standard InChI is InChI=1S/C15H28N2O3/c1-4-7-14(3,13(19)20)17-12(18)15(8-5-2)9-6-10-16-11-15/h16H,4-11H2,1-3H3,(H,17,18)(H,19,20). The number of hydrogen-bond donors (Lipinski definition) is 3. The molecular formula is C15H28N2O3.